The van der Waals surface area contributed by atoms with Crippen molar-refractivity contribution in [3.8, 4) is 0 Å². The van der Waals surface area contributed by atoms with Crippen LogP contribution in [0.1, 0.15) is 26.2 Å². The van der Waals surface area contributed by atoms with E-state index < -0.39 is 12.7 Å². The lowest BCUT2D eigenvalue weighted by atomic mass is 10.0. The van der Waals surface area contributed by atoms with Crippen LogP contribution >= 0.6 is 0 Å². The van der Waals surface area contributed by atoms with Gasteiger partial charge in [-0.2, -0.15) is 0 Å². The summed E-state index contributed by atoms with van der Waals surface area (Å²) in [6.07, 6.45) is 2.30. The molecule has 0 spiro atoms. The van der Waals surface area contributed by atoms with Crippen LogP contribution in [0.15, 0.2) is 0 Å². The molecule has 4 nitrogen and oxygen atoms in total. The smallest absolute Gasteiger partial charge is 0.245 e. The van der Waals surface area contributed by atoms with Crippen molar-refractivity contribution < 1.29 is 14.0 Å². The normalized spacial score (nSPS) is 30.5. The molecule has 1 heterocycles. The second-order valence-corrected chi connectivity index (χ2v) is 4.59. The lowest BCUT2D eigenvalue weighted by Crippen LogP contribution is -2.63. The van der Waals surface area contributed by atoms with E-state index in [1.54, 1.807) is 11.8 Å². The molecule has 1 aliphatic carbocycles. The molecule has 0 radical (unpaired) electrons. The van der Waals surface area contributed by atoms with E-state index in [2.05, 4.69) is 5.32 Å². The number of piperazine rings is 1. The number of carbonyl (C=O) groups is 2. The minimum atomic E-state index is -0.470. The van der Waals surface area contributed by atoms with Crippen LogP contribution in [-0.2, 0) is 9.59 Å². The number of alkyl halides is 1. The zero-order valence-electron chi connectivity index (χ0n) is 9.41. The highest BCUT2D eigenvalue weighted by molar-refractivity contribution is 5.97. The van der Waals surface area contributed by atoms with Gasteiger partial charge >= 0.3 is 0 Å². The van der Waals surface area contributed by atoms with E-state index in [9.17, 15) is 14.0 Å². The molecule has 2 rings (SSSR count). The number of nitrogens with zero attached hydrogens (tertiary/aromatic N) is 1. The van der Waals surface area contributed by atoms with Crippen molar-refractivity contribution in [3.63, 3.8) is 0 Å². The molecule has 1 N–H and O–H groups in total. The number of halogens is 1. The van der Waals surface area contributed by atoms with Gasteiger partial charge in [0.15, 0.2) is 0 Å². The average Bonchev–Trinajstić information content (AvgIpc) is 3.05. The van der Waals surface area contributed by atoms with Gasteiger partial charge in [-0.05, 0) is 32.1 Å². The third-order valence-electron chi connectivity index (χ3n) is 3.22. The van der Waals surface area contributed by atoms with Crippen LogP contribution < -0.4 is 5.32 Å². The highest BCUT2D eigenvalue weighted by Gasteiger charge is 2.46. The lowest BCUT2D eigenvalue weighted by Gasteiger charge is -2.38. The number of carbonyl (C=O) groups excluding carboxylic acids is 2. The predicted molar refractivity (Wildman–Crippen MR) is 56.4 cm³/mol. The summed E-state index contributed by atoms with van der Waals surface area (Å²) in [4.78, 5) is 25.3. The van der Waals surface area contributed by atoms with Gasteiger partial charge in [0.05, 0.1) is 6.67 Å². The van der Waals surface area contributed by atoms with Crippen molar-refractivity contribution in [2.24, 2.45) is 5.92 Å². The van der Waals surface area contributed by atoms with Gasteiger partial charge in [-0.1, -0.05) is 0 Å². The molecule has 0 aromatic carbocycles. The largest absolute Gasteiger partial charge is 0.343 e. The number of rotatable bonds is 4. The SMILES string of the molecule is CC1NC(=O)C(C2CC2)N(CCCF)C1=O. The fourth-order valence-corrected chi connectivity index (χ4v) is 2.25. The van der Waals surface area contributed by atoms with Crippen LogP contribution in [0.2, 0.25) is 0 Å². The third kappa shape index (κ3) is 2.03. The van der Waals surface area contributed by atoms with Gasteiger partial charge in [0, 0.05) is 6.54 Å². The lowest BCUT2D eigenvalue weighted by molar-refractivity contribution is -0.149. The zero-order valence-corrected chi connectivity index (χ0v) is 9.41. The number of hydrogen-bond acceptors (Lipinski definition) is 2. The monoisotopic (exact) mass is 228 g/mol. The molecule has 5 heteroatoms. The summed E-state index contributed by atoms with van der Waals surface area (Å²) in [5.41, 5.74) is 0. The van der Waals surface area contributed by atoms with Gasteiger partial charge in [-0.3, -0.25) is 14.0 Å². The van der Waals surface area contributed by atoms with Crippen LogP contribution in [-0.4, -0.2) is 42.0 Å². The standard InChI is InChI=1S/C11H17FN2O2/c1-7-11(16)14(6-2-5-12)9(8-3-4-8)10(15)13-7/h7-9H,2-6H2,1H3,(H,13,15). The van der Waals surface area contributed by atoms with E-state index in [-0.39, 0.29) is 23.8 Å². The van der Waals surface area contributed by atoms with Gasteiger partial charge < -0.3 is 10.2 Å². The summed E-state index contributed by atoms with van der Waals surface area (Å²) in [7, 11) is 0. The Bertz CT molecular complexity index is 304. The van der Waals surface area contributed by atoms with Crippen molar-refractivity contribution in [2.45, 2.75) is 38.3 Å². The second-order valence-electron chi connectivity index (χ2n) is 4.59. The van der Waals surface area contributed by atoms with Crippen molar-refractivity contribution in [3.05, 3.63) is 0 Å². The Hall–Kier alpha value is -1.13. The minimum Gasteiger partial charge on any atom is -0.343 e. The van der Waals surface area contributed by atoms with E-state index in [0.29, 0.717) is 13.0 Å². The van der Waals surface area contributed by atoms with Crippen molar-refractivity contribution in [2.75, 3.05) is 13.2 Å². The molecule has 1 aliphatic heterocycles. The highest BCUT2D eigenvalue weighted by atomic mass is 19.1. The summed E-state index contributed by atoms with van der Waals surface area (Å²) in [5, 5.41) is 2.68. The predicted octanol–water partition coefficient (Wildman–Crippen LogP) is 0.471. The number of amides is 2. The van der Waals surface area contributed by atoms with Gasteiger partial charge in [0.2, 0.25) is 11.8 Å². The quantitative estimate of drug-likeness (QED) is 0.760. The van der Waals surface area contributed by atoms with Crippen molar-refractivity contribution >= 4 is 11.8 Å². The van der Waals surface area contributed by atoms with E-state index in [1.165, 1.54) is 0 Å². The molecular formula is C11H17FN2O2. The summed E-state index contributed by atoms with van der Waals surface area (Å²) >= 11 is 0. The van der Waals surface area contributed by atoms with Gasteiger partial charge in [-0.15, -0.1) is 0 Å². The molecule has 16 heavy (non-hydrogen) atoms. The minimum absolute atomic E-state index is 0.0755. The summed E-state index contributed by atoms with van der Waals surface area (Å²) in [6.45, 7) is 1.58. The molecule has 90 valence electrons. The molecule has 0 aromatic rings. The van der Waals surface area contributed by atoms with E-state index in [1.807, 2.05) is 0 Å². The average molecular weight is 228 g/mol. The summed E-state index contributed by atoms with van der Waals surface area (Å²) in [5.74, 6) is 0.134. The molecule has 2 amide bonds. The molecule has 2 unspecified atom stereocenters. The molecular weight excluding hydrogens is 211 g/mol. The molecule has 2 aliphatic rings. The Labute approximate surface area is 94.2 Å². The van der Waals surface area contributed by atoms with Gasteiger partial charge in [-0.25, -0.2) is 0 Å². The van der Waals surface area contributed by atoms with Crippen LogP contribution in [0.5, 0.6) is 0 Å². The first-order valence-electron chi connectivity index (χ1n) is 5.82. The molecule has 0 bridgehead atoms. The summed E-state index contributed by atoms with van der Waals surface area (Å²) < 4.78 is 12.2. The fourth-order valence-electron chi connectivity index (χ4n) is 2.25. The third-order valence-corrected chi connectivity index (χ3v) is 3.22. The molecule has 2 atom stereocenters. The van der Waals surface area contributed by atoms with Gasteiger partial charge in [0.1, 0.15) is 12.1 Å². The Kier molecular flexibility index (Phi) is 3.12. The van der Waals surface area contributed by atoms with Crippen LogP contribution in [0, 0.1) is 5.92 Å². The van der Waals surface area contributed by atoms with E-state index in [0.717, 1.165) is 12.8 Å². The zero-order chi connectivity index (χ0) is 11.7. The topological polar surface area (TPSA) is 49.4 Å². The maximum atomic E-state index is 12.2. The molecule has 1 saturated carbocycles. The molecule has 1 saturated heterocycles. The number of hydrogen-bond donors (Lipinski definition) is 1. The van der Waals surface area contributed by atoms with Crippen molar-refractivity contribution in [1.82, 2.24) is 10.2 Å². The first-order chi connectivity index (χ1) is 7.65. The Balaban J connectivity index is 2.11. The van der Waals surface area contributed by atoms with E-state index in [4.69, 9.17) is 0 Å². The molecule has 2 fully saturated rings. The molecule has 0 aromatic heterocycles. The highest BCUT2D eigenvalue weighted by Crippen LogP contribution is 2.36. The van der Waals surface area contributed by atoms with Gasteiger partial charge in [0.25, 0.3) is 0 Å². The van der Waals surface area contributed by atoms with Crippen LogP contribution in [0.25, 0.3) is 0 Å². The van der Waals surface area contributed by atoms with Crippen molar-refractivity contribution in [1.29, 1.82) is 0 Å². The first kappa shape index (κ1) is 11.4. The maximum absolute atomic E-state index is 12.2. The maximum Gasteiger partial charge on any atom is 0.245 e. The van der Waals surface area contributed by atoms with Crippen LogP contribution in [0.4, 0.5) is 4.39 Å². The fraction of sp³-hybridized carbons (Fsp3) is 0.818. The first-order valence-corrected chi connectivity index (χ1v) is 5.82. The summed E-state index contributed by atoms with van der Waals surface area (Å²) in [6, 6.07) is -0.822. The Morgan fingerprint density at radius 1 is 1.44 bits per heavy atom. The second kappa shape index (κ2) is 4.39. The number of nitrogens with one attached hydrogen (secondary N) is 1. The van der Waals surface area contributed by atoms with E-state index >= 15 is 0 Å². The van der Waals surface area contributed by atoms with Crippen LogP contribution in [0.3, 0.4) is 0 Å². The Morgan fingerprint density at radius 3 is 2.69 bits per heavy atom. The Morgan fingerprint density at radius 2 is 2.12 bits per heavy atom.